The molecule has 0 heterocycles. The number of carboxylic acid groups (broad SMARTS) is 1. The molecule has 0 saturated heterocycles. The van der Waals surface area contributed by atoms with Crippen LogP contribution in [0.4, 0.5) is 0 Å². The van der Waals surface area contributed by atoms with Crippen LogP contribution in [-0.2, 0) is 0 Å². The molecule has 1 radical (unpaired) electrons. The van der Waals surface area contributed by atoms with Crippen LogP contribution in [0.1, 0.15) is 10.4 Å². The van der Waals surface area contributed by atoms with E-state index in [1.165, 1.54) is 12.1 Å². The van der Waals surface area contributed by atoms with Gasteiger partial charge in [-0.25, -0.2) is 4.79 Å². The van der Waals surface area contributed by atoms with E-state index < -0.39 is 5.97 Å². The van der Waals surface area contributed by atoms with E-state index in [-0.39, 0.29) is 48.2 Å². The Hall–Kier alpha value is -0.276. The summed E-state index contributed by atoms with van der Waals surface area (Å²) in [6.45, 7) is 0. The van der Waals surface area contributed by atoms with Gasteiger partial charge in [0.05, 0.1) is 0 Å². The van der Waals surface area contributed by atoms with Crippen LogP contribution < -0.4 is 0 Å². The second-order valence-corrected chi connectivity index (χ2v) is 1.82. The summed E-state index contributed by atoms with van der Waals surface area (Å²) in [5, 5.41) is 17.3. The molecule has 3 nitrogen and oxygen atoms in total. The van der Waals surface area contributed by atoms with E-state index in [0.29, 0.717) is 0 Å². The Morgan fingerprint density at radius 3 is 2.18 bits per heavy atom. The van der Waals surface area contributed by atoms with Gasteiger partial charge in [0.1, 0.15) is 11.3 Å². The molecule has 4 heteroatoms. The molecule has 1 rings (SSSR count). The minimum absolute atomic E-state index is 0. The number of rotatable bonds is 1. The second kappa shape index (κ2) is 4.57. The maximum Gasteiger partial charge on any atom is 0.339 e. The second-order valence-electron chi connectivity index (χ2n) is 1.82. The third kappa shape index (κ3) is 2.68. The number of hydrogen-bond acceptors (Lipinski definition) is 2. The Balaban J connectivity index is 0.000001000. The van der Waals surface area contributed by atoms with Gasteiger partial charge in [0, 0.05) is 36.9 Å². The first-order valence-electron chi connectivity index (χ1n) is 2.73. The fourth-order valence-corrected chi connectivity index (χ4v) is 0.654. The molecular weight excluding hydrogens is 301 g/mol. The third-order valence-corrected chi connectivity index (χ3v) is 1.13. The summed E-state index contributed by atoms with van der Waals surface area (Å²) in [6.07, 6.45) is 0. The predicted octanol–water partition coefficient (Wildman–Crippen LogP) is 1.09. The van der Waals surface area contributed by atoms with Gasteiger partial charge in [0.15, 0.2) is 0 Å². The molecule has 2 N–H and O–H groups in total. The number of carbonyl (C=O) groups is 1. The predicted molar refractivity (Wildman–Crippen MR) is 35.1 cm³/mol. The minimum atomic E-state index is -1.11. The summed E-state index contributed by atoms with van der Waals surface area (Å²) in [5.74, 6) is -1.31. The van der Waals surface area contributed by atoms with Gasteiger partial charge >= 0.3 is 5.97 Å². The molecule has 1 aromatic rings. The number of hydrogen-bond donors (Lipinski definition) is 2. The van der Waals surface area contributed by atoms with E-state index >= 15 is 0 Å². The first-order valence-corrected chi connectivity index (χ1v) is 2.73. The summed E-state index contributed by atoms with van der Waals surface area (Å²) in [5.41, 5.74) is -0.0671. The standard InChI is InChI=1S/C7H6O3.Tm/c8-6-4-2-1-3-5(6)7(9)10;/h1-4,8H,(H,9,10);. The number of benzene rings is 1. The van der Waals surface area contributed by atoms with Crippen LogP contribution >= 0.6 is 0 Å². The van der Waals surface area contributed by atoms with Crippen molar-refractivity contribution in [2.24, 2.45) is 0 Å². The molecule has 0 amide bonds. The maximum absolute atomic E-state index is 10.3. The molecule has 0 bridgehead atoms. The SMILES string of the molecule is O=C(O)c1ccccc1O.[Tm]. The maximum atomic E-state index is 10.3. The summed E-state index contributed by atoms with van der Waals surface area (Å²) in [7, 11) is 0. The monoisotopic (exact) mass is 307 g/mol. The Bertz CT molecular complexity index is 260. The van der Waals surface area contributed by atoms with E-state index in [9.17, 15) is 4.79 Å². The van der Waals surface area contributed by atoms with E-state index in [0.717, 1.165) is 0 Å². The van der Waals surface area contributed by atoms with E-state index in [1.807, 2.05) is 0 Å². The fraction of sp³-hybridized carbons (Fsp3) is 0. The molecule has 0 aliphatic carbocycles. The summed E-state index contributed by atoms with van der Waals surface area (Å²) < 4.78 is 0. The smallest absolute Gasteiger partial charge is 0.339 e. The van der Waals surface area contributed by atoms with Gasteiger partial charge in [-0.05, 0) is 12.1 Å². The van der Waals surface area contributed by atoms with Crippen LogP contribution in [0, 0.1) is 36.9 Å². The van der Waals surface area contributed by atoms with Gasteiger partial charge in [0.2, 0.25) is 0 Å². The summed E-state index contributed by atoms with van der Waals surface area (Å²) >= 11 is 0. The molecule has 0 aliphatic heterocycles. The molecule has 0 spiro atoms. The Labute approximate surface area is 92.9 Å². The van der Waals surface area contributed by atoms with Crippen molar-refractivity contribution in [2.45, 2.75) is 0 Å². The van der Waals surface area contributed by atoms with Crippen LogP contribution in [0.5, 0.6) is 5.75 Å². The van der Waals surface area contributed by atoms with Crippen molar-refractivity contribution < 1.29 is 51.9 Å². The van der Waals surface area contributed by atoms with E-state index in [1.54, 1.807) is 12.1 Å². The summed E-state index contributed by atoms with van der Waals surface area (Å²) in [6, 6.07) is 5.81. The Morgan fingerprint density at radius 2 is 1.82 bits per heavy atom. The zero-order valence-electron chi connectivity index (χ0n) is 5.39. The fourth-order valence-electron chi connectivity index (χ4n) is 0.654. The molecule has 0 aliphatic rings. The van der Waals surface area contributed by atoms with Crippen LogP contribution in [0.25, 0.3) is 0 Å². The molecule has 0 aromatic heterocycles. The molecule has 0 unspecified atom stereocenters. The van der Waals surface area contributed by atoms with Crippen molar-refractivity contribution in [3.8, 4) is 5.75 Å². The van der Waals surface area contributed by atoms with Gasteiger partial charge in [-0.3, -0.25) is 0 Å². The first-order chi connectivity index (χ1) is 4.72. The quantitative estimate of drug-likeness (QED) is 0.816. The Kier molecular flexibility index (Phi) is 4.46. The van der Waals surface area contributed by atoms with Crippen molar-refractivity contribution >= 4 is 5.97 Å². The van der Waals surface area contributed by atoms with E-state index in [2.05, 4.69) is 0 Å². The van der Waals surface area contributed by atoms with Crippen molar-refractivity contribution in [3.63, 3.8) is 0 Å². The van der Waals surface area contributed by atoms with Crippen molar-refractivity contribution in [3.05, 3.63) is 29.8 Å². The molecule has 0 saturated carbocycles. The van der Waals surface area contributed by atoms with Gasteiger partial charge < -0.3 is 10.2 Å². The number of aromatic hydroxyl groups is 1. The van der Waals surface area contributed by atoms with E-state index in [4.69, 9.17) is 10.2 Å². The van der Waals surface area contributed by atoms with Crippen molar-refractivity contribution in [2.75, 3.05) is 0 Å². The molecular formula is C7H6O3Tm. The topological polar surface area (TPSA) is 57.5 Å². The largest absolute Gasteiger partial charge is 0.507 e. The zero-order chi connectivity index (χ0) is 7.56. The number of carboxylic acids is 1. The van der Waals surface area contributed by atoms with Crippen molar-refractivity contribution in [1.82, 2.24) is 0 Å². The zero-order valence-corrected chi connectivity index (χ0v) is 7.17. The average Bonchev–Trinajstić information content (AvgIpc) is 1.88. The normalized spacial score (nSPS) is 8.36. The molecule has 11 heavy (non-hydrogen) atoms. The van der Waals surface area contributed by atoms with Crippen LogP contribution in [0.15, 0.2) is 24.3 Å². The third-order valence-electron chi connectivity index (χ3n) is 1.13. The van der Waals surface area contributed by atoms with Crippen LogP contribution in [0.2, 0.25) is 0 Å². The summed E-state index contributed by atoms with van der Waals surface area (Å²) in [4.78, 5) is 10.3. The van der Waals surface area contributed by atoms with Gasteiger partial charge in [-0.1, -0.05) is 12.1 Å². The number of phenols is 1. The minimum Gasteiger partial charge on any atom is -0.507 e. The van der Waals surface area contributed by atoms with Crippen LogP contribution in [-0.4, -0.2) is 16.2 Å². The van der Waals surface area contributed by atoms with Gasteiger partial charge in [-0.2, -0.15) is 0 Å². The Morgan fingerprint density at radius 1 is 1.27 bits per heavy atom. The molecule has 1 aromatic carbocycles. The van der Waals surface area contributed by atoms with Crippen LogP contribution in [0.3, 0.4) is 0 Å². The van der Waals surface area contributed by atoms with Crippen molar-refractivity contribution in [1.29, 1.82) is 0 Å². The molecule has 0 fully saturated rings. The molecule has 65 valence electrons. The molecule has 0 atom stereocenters. The first kappa shape index (κ1) is 10.7. The van der Waals surface area contributed by atoms with Gasteiger partial charge in [-0.15, -0.1) is 0 Å². The number of aromatic carboxylic acids is 1. The average molecular weight is 307 g/mol. The van der Waals surface area contributed by atoms with Gasteiger partial charge in [0.25, 0.3) is 0 Å². The number of para-hydroxylation sites is 1.